The van der Waals surface area contributed by atoms with Crippen molar-refractivity contribution in [3.8, 4) is 0 Å². The molecule has 144 valence electrons. The van der Waals surface area contributed by atoms with Gasteiger partial charge in [0.1, 0.15) is 0 Å². The van der Waals surface area contributed by atoms with Gasteiger partial charge in [0.15, 0.2) is 0 Å². The maximum absolute atomic E-state index is 12.4. The highest BCUT2D eigenvalue weighted by Crippen LogP contribution is 2.21. The molecule has 3 rings (SSSR count). The number of carbonyl (C=O) groups excluding carboxylic acids is 1. The summed E-state index contributed by atoms with van der Waals surface area (Å²) in [6.45, 7) is 0.143. The van der Waals surface area contributed by atoms with E-state index >= 15 is 0 Å². The number of benzene rings is 2. The van der Waals surface area contributed by atoms with Crippen molar-refractivity contribution >= 4 is 6.03 Å². The average Bonchev–Trinajstić information content (AvgIpc) is 2.73. The summed E-state index contributed by atoms with van der Waals surface area (Å²) >= 11 is 0. The highest BCUT2D eigenvalue weighted by molar-refractivity contribution is 5.75. The molecule has 6 heteroatoms. The van der Waals surface area contributed by atoms with Crippen molar-refractivity contribution in [3.05, 3.63) is 107 Å². The zero-order chi connectivity index (χ0) is 19.8. The monoisotopic (exact) mass is 377 g/mol. The Morgan fingerprint density at radius 2 is 1.46 bits per heavy atom. The minimum absolute atomic E-state index is 0.0312. The number of rotatable bonds is 7. The van der Waals surface area contributed by atoms with Crippen molar-refractivity contribution in [2.45, 2.75) is 18.7 Å². The van der Waals surface area contributed by atoms with Gasteiger partial charge in [-0.2, -0.15) is 0 Å². The molecule has 1 heterocycles. The van der Waals surface area contributed by atoms with Crippen LogP contribution in [0.15, 0.2) is 89.9 Å². The predicted molar refractivity (Wildman–Crippen MR) is 108 cm³/mol. The van der Waals surface area contributed by atoms with Crippen LogP contribution in [0.5, 0.6) is 0 Å². The Bertz CT molecular complexity index is 902. The van der Waals surface area contributed by atoms with Crippen LogP contribution in [0.4, 0.5) is 4.79 Å². The molecule has 28 heavy (non-hydrogen) atoms. The Labute approximate surface area is 163 Å². The third kappa shape index (κ3) is 5.31. The third-order valence-corrected chi connectivity index (χ3v) is 4.35. The van der Waals surface area contributed by atoms with Crippen molar-refractivity contribution in [1.82, 2.24) is 15.2 Å². The molecule has 1 aromatic heterocycles. The number of carbonyl (C=O) groups is 1. The van der Waals surface area contributed by atoms with E-state index in [9.17, 15) is 14.7 Å². The molecule has 0 spiro atoms. The van der Waals surface area contributed by atoms with Crippen molar-refractivity contribution in [2.75, 3.05) is 6.54 Å². The molecule has 0 fully saturated rings. The van der Waals surface area contributed by atoms with E-state index in [0.717, 1.165) is 11.1 Å². The molecule has 0 bridgehead atoms. The molecule has 0 saturated carbocycles. The molecule has 1 unspecified atom stereocenters. The van der Waals surface area contributed by atoms with Crippen LogP contribution >= 0.6 is 0 Å². The number of nitrogens with one attached hydrogen (secondary N) is 2. The van der Waals surface area contributed by atoms with Crippen LogP contribution in [0.2, 0.25) is 0 Å². The predicted octanol–water partition coefficient (Wildman–Crippen LogP) is 2.30. The normalized spacial score (nSPS) is 11.8. The largest absolute Gasteiger partial charge is 0.389 e. The summed E-state index contributed by atoms with van der Waals surface area (Å²) in [5.74, 6) is 0. The number of hydrogen-bond donors (Lipinski definition) is 3. The SMILES string of the molecule is O=C(NCC(O)Cn1ccccc1=O)NC(c1ccccc1)c1ccccc1. The summed E-state index contributed by atoms with van der Waals surface area (Å²) in [5.41, 5.74) is 1.72. The highest BCUT2D eigenvalue weighted by atomic mass is 16.3. The fraction of sp³-hybridized carbons (Fsp3) is 0.182. The highest BCUT2D eigenvalue weighted by Gasteiger charge is 2.17. The summed E-state index contributed by atoms with van der Waals surface area (Å²) in [7, 11) is 0. The molecule has 2 aromatic carbocycles. The summed E-state index contributed by atoms with van der Waals surface area (Å²) in [5, 5.41) is 15.8. The van der Waals surface area contributed by atoms with Gasteiger partial charge in [-0.15, -0.1) is 0 Å². The topological polar surface area (TPSA) is 83.4 Å². The summed E-state index contributed by atoms with van der Waals surface area (Å²) < 4.78 is 1.40. The van der Waals surface area contributed by atoms with E-state index < -0.39 is 12.1 Å². The number of aromatic nitrogens is 1. The lowest BCUT2D eigenvalue weighted by Gasteiger charge is -2.21. The second-order valence-corrected chi connectivity index (χ2v) is 6.45. The van der Waals surface area contributed by atoms with Crippen LogP contribution in [-0.2, 0) is 6.54 Å². The molecular formula is C22H23N3O3. The first-order valence-electron chi connectivity index (χ1n) is 9.11. The molecule has 0 aliphatic carbocycles. The first kappa shape index (κ1) is 19.4. The van der Waals surface area contributed by atoms with E-state index in [1.54, 1.807) is 18.3 Å². The van der Waals surface area contributed by atoms with Gasteiger partial charge < -0.3 is 20.3 Å². The molecule has 3 N–H and O–H groups in total. The van der Waals surface area contributed by atoms with Gasteiger partial charge in [-0.25, -0.2) is 4.79 Å². The Kier molecular flexibility index (Phi) is 6.59. The lowest BCUT2D eigenvalue weighted by molar-refractivity contribution is 0.150. The van der Waals surface area contributed by atoms with Gasteiger partial charge in [0.2, 0.25) is 0 Å². The van der Waals surface area contributed by atoms with E-state index in [-0.39, 0.29) is 24.7 Å². The van der Waals surface area contributed by atoms with Gasteiger partial charge >= 0.3 is 6.03 Å². The maximum Gasteiger partial charge on any atom is 0.315 e. The second-order valence-electron chi connectivity index (χ2n) is 6.45. The number of amides is 2. The maximum atomic E-state index is 12.4. The van der Waals surface area contributed by atoms with Crippen molar-refractivity contribution in [2.24, 2.45) is 0 Å². The summed E-state index contributed by atoms with van der Waals surface area (Å²) in [4.78, 5) is 24.1. The minimum Gasteiger partial charge on any atom is -0.389 e. The molecule has 3 aromatic rings. The standard InChI is InChI=1S/C22H23N3O3/c26-19(16-25-14-8-7-13-20(25)27)15-23-22(28)24-21(17-9-3-1-4-10-17)18-11-5-2-6-12-18/h1-14,19,21,26H,15-16H2,(H2,23,24,28). The van der Waals surface area contributed by atoms with E-state index in [1.807, 2.05) is 60.7 Å². The Morgan fingerprint density at radius 3 is 2.04 bits per heavy atom. The number of aliphatic hydroxyl groups excluding tert-OH is 1. The Morgan fingerprint density at radius 1 is 0.893 bits per heavy atom. The molecule has 0 saturated heterocycles. The second kappa shape index (κ2) is 9.53. The fourth-order valence-corrected chi connectivity index (χ4v) is 2.95. The van der Waals surface area contributed by atoms with Gasteiger partial charge in [0, 0.05) is 18.8 Å². The van der Waals surface area contributed by atoms with Crippen LogP contribution in [0.25, 0.3) is 0 Å². The molecule has 1 atom stereocenters. The average molecular weight is 377 g/mol. The number of aliphatic hydroxyl groups is 1. The Hall–Kier alpha value is -3.38. The number of urea groups is 1. The zero-order valence-corrected chi connectivity index (χ0v) is 15.4. The summed E-state index contributed by atoms with van der Waals surface area (Å²) in [6, 6.07) is 23.4. The summed E-state index contributed by atoms with van der Waals surface area (Å²) in [6.07, 6.45) is 0.727. The van der Waals surface area contributed by atoms with E-state index in [0.29, 0.717) is 0 Å². The third-order valence-electron chi connectivity index (χ3n) is 4.35. The van der Waals surface area contributed by atoms with Crippen molar-refractivity contribution < 1.29 is 9.90 Å². The molecule has 0 aliphatic heterocycles. The molecular weight excluding hydrogens is 354 g/mol. The van der Waals surface area contributed by atoms with Crippen LogP contribution in [0.3, 0.4) is 0 Å². The van der Waals surface area contributed by atoms with Gasteiger partial charge in [-0.3, -0.25) is 4.79 Å². The van der Waals surface area contributed by atoms with Crippen molar-refractivity contribution in [3.63, 3.8) is 0 Å². The molecule has 0 aliphatic rings. The van der Waals surface area contributed by atoms with Gasteiger partial charge in [0.25, 0.3) is 5.56 Å². The first-order valence-corrected chi connectivity index (χ1v) is 9.11. The number of pyridine rings is 1. The van der Waals surface area contributed by atoms with Gasteiger partial charge in [-0.05, 0) is 17.2 Å². The fourth-order valence-electron chi connectivity index (χ4n) is 2.95. The van der Waals surface area contributed by atoms with Crippen molar-refractivity contribution in [1.29, 1.82) is 0 Å². The van der Waals surface area contributed by atoms with Crippen LogP contribution in [0.1, 0.15) is 17.2 Å². The lowest BCUT2D eigenvalue weighted by atomic mass is 9.99. The van der Waals surface area contributed by atoms with Crippen LogP contribution in [-0.4, -0.2) is 28.4 Å². The van der Waals surface area contributed by atoms with E-state index in [2.05, 4.69) is 10.6 Å². The first-order chi connectivity index (χ1) is 13.6. The number of hydrogen-bond acceptors (Lipinski definition) is 3. The lowest BCUT2D eigenvalue weighted by Crippen LogP contribution is -2.43. The Balaban J connectivity index is 1.61. The molecule has 0 radical (unpaired) electrons. The molecule has 6 nitrogen and oxygen atoms in total. The van der Waals surface area contributed by atoms with E-state index in [4.69, 9.17) is 0 Å². The van der Waals surface area contributed by atoms with Gasteiger partial charge in [-0.1, -0.05) is 66.7 Å². The van der Waals surface area contributed by atoms with Crippen LogP contribution < -0.4 is 16.2 Å². The minimum atomic E-state index is -0.877. The smallest absolute Gasteiger partial charge is 0.315 e. The zero-order valence-electron chi connectivity index (χ0n) is 15.4. The quantitative estimate of drug-likeness (QED) is 0.591. The van der Waals surface area contributed by atoms with E-state index in [1.165, 1.54) is 10.6 Å². The van der Waals surface area contributed by atoms with Gasteiger partial charge in [0.05, 0.1) is 18.7 Å². The number of nitrogens with zero attached hydrogens (tertiary/aromatic N) is 1. The van der Waals surface area contributed by atoms with Crippen LogP contribution in [0, 0.1) is 0 Å². The molecule has 2 amide bonds.